The van der Waals surface area contributed by atoms with Crippen molar-refractivity contribution in [3.63, 3.8) is 0 Å². The van der Waals surface area contributed by atoms with E-state index in [1.54, 1.807) is 0 Å². The van der Waals surface area contributed by atoms with Crippen molar-refractivity contribution in [2.75, 3.05) is 31.1 Å². The van der Waals surface area contributed by atoms with Gasteiger partial charge in [0.25, 0.3) is 0 Å². The normalized spacial score (nSPS) is 14.9. The Hall–Kier alpha value is -3.89. The maximum Gasteiger partial charge on any atom is 0.161 e. The van der Waals surface area contributed by atoms with Crippen molar-refractivity contribution >= 4 is 5.82 Å². The number of rotatable bonds is 2. The molecule has 2 aliphatic rings. The number of nitrogens with one attached hydrogen (secondary N) is 1. The molecule has 0 spiro atoms. The highest BCUT2D eigenvalue weighted by Gasteiger charge is 2.23. The second kappa shape index (κ2) is 7.11. The third kappa shape index (κ3) is 3.00. The van der Waals surface area contributed by atoms with Crippen molar-refractivity contribution < 1.29 is 0 Å². The van der Waals surface area contributed by atoms with Crippen LogP contribution in [0.2, 0.25) is 0 Å². The minimum Gasteiger partial charge on any atom is -0.354 e. The largest absolute Gasteiger partial charge is 0.354 e. The summed E-state index contributed by atoms with van der Waals surface area (Å²) in [4.78, 5) is 11.8. The topological polar surface area (TPSA) is 74.7 Å². The van der Waals surface area contributed by atoms with Crippen LogP contribution in [0.5, 0.6) is 0 Å². The molecular weight excluding hydrogens is 386 g/mol. The van der Waals surface area contributed by atoms with E-state index in [4.69, 9.17) is 10.2 Å². The Balaban J connectivity index is 1.44. The van der Waals surface area contributed by atoms with Gasteiger partial charge in [0.15, 0.2) is 5.82 Å². The molecule has 7 heteroatoms. The molecule has 2 aliphatic heterocycles. The number of piperazine rings is 1. The van der Waals surface area contributed by atoms with Gasteiger partial charge in [0.05, 0.1) is 29.2 Å². The smallest absolute Gasteiger partial charge is 0.161 e. The van der Waals surface area contributed by atoms with Crippen molar-refractivity contribution in [3.05, 3.63) is 72.3 Å². The average molecular weight is 407 g/mol. The molecule has 152 valence electrons. The summed E-state index contributed by atoms with van der Waals surface area (Å²) < 4.78 is 4.39. The minimum atomic E-state index is 0.668. The number of pyridine rings is 1. The predicted molar refractivity (Wildman–Crippen MR) is 119 cm³/mol. The van der Waals surface area contributed by atoms with Crippen LogP contribution in [0.15, 0.2) is 61.2 Å². The van der Waals surface area contributed by atoms with Gasteiger partial charge in [-0.25, -0.2) is 9.97 Å². The van der Waals surface area contributed by atoms with E-state index in [1.165, 1.54) is 5.56 Å². The second-order valence-corrected chi connectivity index (χ2v) is 7.96. The first-order valence-electron chi connectivity index (χ1n) is 10.5. The monoisotopic (exact) mass is 407 g/mol. The number of fused-ring (bicyclic) bond motifs is 5. The zero-order chi connectivity index (χ0) is 20.8. The molecule has 4 aromatic rings. The first-order chi connectivity index (χ1) is 15.3. The first-order valence-corrected chi connectivity index (χ1v) is 10.5. The lowest BCUT2D eigenvalue weighted by atomic mass is 10.1. The van der Waals surface area contributed by atoms with Gasteiger partial charge in [-0.15, -0.1) is 0 Å². The van der Waals surface area contributed by atoms with Crippen molar-refractivity contribution in [2.24, 2.45) is 0 Å². The van der Waals surface area contributed by atoms with Gasteiger partial charge < -0.3 is 14.8 Å². The van der Waals surface area contributed by atoms with E-state index < -0.39 is 0 Å². The van der Waals surface area contributed by atoms with Crippen molar-refractivity contribution in [1.82, 2.24) is 24.4 Å². The van der Waals surface area contributed by atoms with Gasteiger partial charge in [-0.1, -0.05) is 12.1 Å². The summed E-state index contributed by atoms with van der Waals surface area (Å²) in [7, 11) is 0. The quantitative estimate of drug-likeness (QED) is 0.487. The Morgan fingerprint density at radius 3 is 2.65 bits per heavy atom. The summed E-state index contributed by atoms with van der Waals surface area (Å²) in [6.45, 7) is 4.67. The third-order valence-electron chi connectivity index (χ3n) is 6.11. The fourth-order valence-electron chi connectivity index (χ4n) is 4.48. The van der Waals surface area contributed by atoms with Crippen LogP contribution in [0, 0.1) is 11.3 Å². The summed E-state index contributed by atoms with van der Waals surface area (Å²) in [5.41, 5.74) is 6.26. The Morgan fingerprint density at radius 1 is 1.00 bits per heavy atom. The maximum atomic E-state index is 9.08. The number of nitriles is 1. The van der Waals surface area contributed by atoms with Gasteiger partial charge in [0, 0.05) is 62.4 Å². The molecule has 0 radical (unpaired) electrons. The van der Waals surface area contributed by atoms with Crippen LogP contribution in [-0.2, 0) is 6.54 Å². The summed E-state index contributed by atoms with van der Waals surface area (Å²) >= 11 is 0. The average Bonchev–Trinajstić information content (AvgIpc) is 3.45. The molecule has 1 N–H and O–H groups in total. The lowest BCUT2D eigenvalue weighted by Crippen LogP contribution is -2.43. The third-order valence-corrected chi connectivity index (χ3v) is 6.11. The lowest BCUT2D eigenvalue weighted by molar-refractivity contribution is 0.584. The van der Waals surface area contributed by atoms with E-state index in [1.807, 2.05) is 42.9 Å². The summed E-state index contributed by atoms with van der Waals surface area (Å²) in [6.07, 6.45) is 8.00. The molecule has 5 heterocycles. The number of hydrogen-bond acceptors (Lipinski definition) is 5. The first kappa shape index (κ1) is 17.9. The van der Waals surface area contributed by atoms with Gasteiger partial charge in [-0.2, -0.15) is 5.26 Å². The molecular formula is C24H21N7. The highest BCUT2D eigenvalue weighted by molar-refractivity contribution is 5.72. The molecule has 31 heavy (non-hydrogen) atoms. The van der Waals surface area contributed by atoms with Crippen molar-refractivity contribution in [3.8, 4) is 34.4 Å². The maximum absolute atomic E-state index is 9.08. The van der Waals surface area contributed by atoms with Crippen LogP contribution in [0.1, 0.15) is 11.1 Å². The van der Waals surface area contributed by atoms with Crippen molar-refractivity contribution in [1.29, 1.82) is 5.26 Å². The molecule has 6 rings (SSSR count). The SMILES string of the molecule is N#Cc1ccc(-c2cc3n(c2)Cc2cc(N4CCNCC4)ncc2-n2ccnc2-3)cc1. The van der Waals surface area contributed by atoms with Crippen LogP contribution in [0.4, 0.5) is 5.82 Å². The van der Waals surface area contributed by atoms with Crippen LogP contribution in [0.3, 0.4) is 0 Å². The summed E-state index contributed by atoms with van der Waals surface area (Å²) in [5, 5.41) is 12.5. The Bertz CT molecular complexity index is 1300. The second-order valence-electron chi connectivity index (χ2n) is 7.96. The molecule has 1 saturated heterocycles. The van der Waals surface area contributed by atoms with E-state index in [9.17, 15) is 0 Å². The van der Waals surface area contributed by atoms with Crippen LogP contribution in [0.25, 0.3) is 28.3 Å². The molecule has 0 bridgehead atoms. The standard InChI is InChI=1S/C24H21N7/c25-13-17-1-3-18(4-2-17)19-11-21-24-27-7-10-31(24)22-14-28-23(29-8-5-26-6-9-29)12-20(22)16-30(21)15-19/h1-4,7,10-12,14-15,26H,5-6,8-9,16H2. The lowest BCUT2D eigenvalue weighted by Gasteiger charge is -2.29. The van der Waals surface area contributed by atoms with E-state index in [-0.39, 0.29) is 0 Å². The number of hydrogen-bond donors (Lipinski definition) is 1. The number of imidazole rings is 1. The van der Waals surface area contributed by atoms with E-state index >= 15 is 0 Å². The highest BCUT2D eigenvalue weighted by Crippen LogP contribution is 2.34. The molecule has 1 fully saturated rings. The van der Waals surface area contributed by atoms with Crippen molar-refractivity contribution in [2.45, 2.75) is 6.54 Å². The van der Waals surface area contributed by atoms with Crippen LogP contribution < -0.4 is 10.2 Å². The van der Waals surface area contributed by atoms with E-state index in [2.05, 4.69) is 48.7 Å². The molecule has 0 saturated carbocycles. The molecule has 0 amide bonds. The summed E-state index contributed by atoms with van der Waals surface area (Å²) in [5.74, 6) is 1.94. The number of nitrogens with zero attached hydrogens (tertiary/aromatic N) is 6. The van der Waals surface area contributed by atoms with E-state index in [0.29, 0.717) is 5.56 Å². The predicted octanol–water partition coefficient (Wildman–Crippen LogP) is 3.05. The van der Waals surface area contributed by atoms with Gasteiger partial charge in [-0.05, 0) is 29.8 Å². The Morgan fingerprint density at radius 2 is 1.84 bits per heavy atom. The van der Waals surface area contributed by atoms with Gasteiger partial charge in [-0.3, -0.25) is 4.57 Å². The fraction of sp³-hybridized carbons (Fsp3) is 0.208. The van der Waals surface area contributed by atoms with Gasteiger partial charge in [0.1, 0.15) is 5.82 Å². The molecule has 0 atom stereocenters. The zero-order valence-electron chi connectivity index (χ0n) is 17.0. The number of aromatic nitrogens is 4. The molecule has 1 aromatic carbocycles. The van der Waals surface area contributed by atoms with Gasteiger partial charge >= 0.3 is 0 Å². The molecule has 0 unspecified atom stereocenters. The highest BCUT2D eigenvalue weighted by atomic mass is 15.2. The van der Waals surface area contributed by atoms with E-state index in [0.717, 1.165) is 66.9 Å². The van der Waals surface area contributed by atoms with Crippen LogP contribution in [-0.4, -0.2) is 45.3 Å². The Kier molecular flexibility index (Phi) is 4.11. The number of benzene rings is 1. The Labute approximate surface area is 180 Å². The van der Waals surface area contributed by atoms with Gasteiger partial charge in [0.2, 0.25) is 0 Å². The molecule has 3 aromatic heterocycles. The zero-order valence-corrected chi connectivity index (χ0v) is 17.0. The summed E-state index contributed by atoms with van der Waals surface area (Å²) in [6, 6.07) is 14.3. The van der Waals surface area contributed by atoms with Crippen LogP contribution >= 0.6 is 0 Å². The molecule has 0 aliphatic carbocycles. The number of anilines is 1. The minimum absolute atomic E-state index is 0.668. The fourth-order valence-corrected chi connectivity index (χ4v) is 4.48. The molecule has 7 nitrogen and oxygen atoms in total.